The summed E-state index contributed by atoms with van der Waals surface area (Å²) in [7, 11) is 0. The highest BCUT2D eigenvalue weighted by molar-refractivity contribution is 6.30. The Labute approximate surface area is 103 Å². The van der Waals surface area contributed by atoms with Gasteiger partial charge in [0.15, 0.2) is 5.82 Å². The summed E-state index contributed by atoms with van der Waals surface area (Å²) >= 11 is 5.66. The molecule has 0 atom stereocenters. The number of nitrogens with zero attached hydrogens (tertiary/aromatic N) is 2. The second-order valence-corrected chi connectivity index (χ2v) is 4.01. The van der Waals surface area contributed by atoms with Gasteiger partial charge in [-0.15, -0.1) is 0 Å². The zero-order chi connectivity index (χ0) is 12.3. The molecule has 0 aliphatic heterocycles. The summed E-state index contributed by atoms with van der Waals surface area (Å²) in [5.41, 5.74) is 0.547. The normalized spacial score (nSPS) is 10.8. The van der Waals surface area contributed by atoms with Crippen LogP contribution in [0.5, 0.6) is 0 Å². The van der Waals surface area contributed by atoms with Gasteiger partial charge in [-0.05, 0) is 19.1 Å². The summed E-state index contributed by atoms with van der Waals surface area (Å²) in [6.07, 6.45) is 0. The Balaban J connectivity index is 1.90. The van der Waals surface area contributed by atoms with Gasteiger partial charge in [-0.2, -0.15) is 4.98 Å². The maximum Gasteiger partial charge on any atom is 0.240 e. The van der Waals surface area contributed by atoms with Gasteiger partial charge >= 0.3 is 0 Å². The minimum atomic E-state index is -0.327. The summed E-state index contributed by atoms with van der Waals surface area (Å²) in [5.74, 6) is 0.739. The lowest BCUT2D eigenvalue weighted by Crippen LogP contribution is -2.14. The molecule has 0 radical (unpaired) electrons. The van der Waals surface area contributed by atoms with E-state index in [1.54, 1.807) is 19.1 Å². The Hall–Kier alpha value is -1.46. The zero-order valence-electron chi connectivity index (χ0n) is 9.20. The summed E-state index contributed by atoms with van der Waals surface area (Å²) in [6, 6.07) is 4.58. The lowest BCUT2D eigenvalue weighted by Gasteiger charge is -2.03. The van der Waals surface area contributed by atoms with Gasteiger partial charge in [-0.25, -0.2) is 4.39 Å². The quantitative estimate of drug-likeness (QED) is 0.912. The van der Waals surface area contributed by atoms with Crippen LogP contribution in [0.4, 0.5) is 4.39 Å². The molecule has 1 heterocycles. The molecule has 0 aliphatic rings. The van der Waals surface area contributed by atoms with Crippen molar-refractivity contribution in [2.75, 3.05) is 0 Å². The molecule has 0 unspecified atom stereocenters. The first-order valence-electron chi connectivity index (χ1n) is 5.09. The lowest BCUT2D eigenvalue weighted by molar-refractivity contribution is 0.363. The van der Waals surface area contributed by atoms with Crippen molar-refractivity contribution >= 4 is 11.6 Å². The highest BCUT2D eigenvalue weighted by Crippen LogP contribution is 2.14. The van der Waals surface area contributed by atoms with Crippen LogP contribution in [-0.2, 0) is 13.1 Å². The summed E-state index contributed by atoms with van der Waals surface area (Å²) in [5, 5.41) is 7.05. The molecule has 90 valence electrons. The number of benzene rings is 1. The van der Waals surface area contributed by atoms with Crippen molar-refractivity contribution in [1.82, 2.24) is 15.5 Å². The van der Waals surface area contributed by atoms with Gasteiger partial charge in [0.1, 0.15) is 5.82 Å². The van der Waals surface area contributed by atoms with Crippen LogP contribution >= 0.6 is 11.6 Å². The fourth-order valence-corrected chi connectivity index (χ4v) is 1.54. The van der Waals surface area contributed by atoms with E-state index in [0.717, 1.165) is 0 Å². The van der Waals surface area contributed by atoms with E-state index < -0.39 is 0 Å². The third kappa shape index (κ3) is 3.25. The SMILES string of the molecule is Cc1noc(CNCc2ccc(Cl)cc2F)n1. The molecule has 0 amide bonds. The van der Waals surface area contributed by atoms with Crippen molar-refractivity contribution in [1.29, 1.82) is 0 Å². The molecule has 2 aromatic rings. The van der Waals surface area contributed by atoms with Crippen LogP contribution < -0.4 is 5.32 Å². The van der Waals surface area contributed by atoms with Crippen LogP contribution in [0.1, 0.15) is 17.3 Å². The Morgan fingerprint density at radius 2 is 2.24 bits per heavy atom. The summed E-state index contributed by atoms with van der Waals surface area (Å²) < 4.78 is 18.3. The van der Waals surface area contributed by atoms with E-state index in [0.29, 0.717) is 35.4 Å². The van der Waals surface area contributed by atoms with Gasteiger partial charge in [-0.1, -0.05) is 22.8 Å². The Morgan fingerprint density at radius 3 is 2.88 bits per heavy atom. The Morgan fingerprint density at radius 1 is 1.41 bits per heavy atom. The number of halogens is 2. The number of hydrogen-bond donors (Lipinski definition) is 1. The first-order valence-corrected chi connectivity index (χ1v) is 5.47. The maximum absolute atomic E-state index is 13.4. The number of hydrogen-bond acceptors (Lipinski definition) is 4. The van der Waals surface area contributed by atoms with Crippen molar-refractivity contribution < 1.29 is 8.91 Å². The molecule has 1 aromatic carbocycles. The predicted octanol–water partition coefficient (Wildman–Crippen LogP) is 2.46. The van der Waals surface area contributed by atoms with Crippen LogP contribution in [0.15, 0.2) is 22.7 Å². The largest absolute Gasteiger partial charge is 0.338 e. The smallest absolute Gasteiger partial charge is 0.240 e. The molecule has 0 bridgehead atoms. The van der Waals surface area contributed by atoms with Gasteiger partial charge in [0.2, 0.25) is 5.89 Å². The molecule has 0 saturated carbocycles. The molecule has 0 fully saturated rings. The van der Waals surface area contributed by atoms with Gasteiger partial charge in [0.25, 0.3) is 0 Å². The first kappa shape index (κ1) is 12.0. The molecule has 17 heavy (non-hydrogen) atoms. The van der Waals surface area contributed by atoms with E-state index in [9.17, 15) is 4.39 Å². The predicted molar refractivity (Wildman–Crippen MR) is 61.0 cm³/mol. The molecule has 2 rings (SSSR count). The highest BCUT2D eigenvalue weighted by Gasteiger charge is 2.05. The topological polar surface area (TPSA) is 51.0 Å². The van der Waals surface area contributed by atoms with Crippen LogP contribution in [0, 0.1) is 12.7 Å². The molecule has 0 aliphatic carbocycles. The van der Waals surface area contributed by atoms with Crippen LogP contribution in [0.3, 0.4) is 0 Å². The molecule has 1 aromatic heterocycles. The van der Waals surface area contributed by atoms with E-state index in [-0.39, 0.29) is 5.82 Å². The molecule has 0 spiro atoms. The molecule has 6 heteroatoms. The van der Waals surface area contributed by atoms with Crippen molar-refractivity contribution in [2.24, 2.45) is 0 Å². The molecule has 1 N–H and O–H groups in total. The molecular weight excluding hydrogens is 245 g/mol. The second kappa shape index (κ2) is 5.25. The van der Waals surface area contributed by atoms with Crippen LogP contribution in [0.25, 0.3) is 0 Å². The first-order chi connectivity index (χ1) is 8.15. The number of aromatic nitrogens is 2. The number of nitrogens with one attached hydrogen (secondary N) is 1. The second-order valence-electron chi connectivity index (χ2n) is 3.57. The maximum atomic E-state index is 13.4. The van der Waals surface area contributed by atoms with Crippen LogP contribution in [-0.4, -0.2) is 10.1 Å². The fourth-order valence-electron chi connectivity index (χ4n) is 1.38. The van der Waals surface area contributed by atoms with Crippen molar-refractivity contribution in [2.45, 2.75) is 20.0 Å². The monoisotopic (exact) mass is 255 g/mol. The zero-order valence-corrected chi connectivity index (χ0v) is 9.96. The standard InChI is InChI=1S/C11H11ClFN3O/c1-7-15-11(17-16-7)6-14-5-8-2-3-9(12)4-10(8)13/h2-4,14H,5-6H2,1H3. The van der Waals surface area contributed by atoms with E-state index in [4.69, 9.17) is 16.1 Å². The van der Waals surface area contributed by atoms with E-state index >= 15 is 0 Å². The number of rotatable bonds is 4. The average molecular weight is 256 g/mol. The molecule has 0 saturated heterocycles. The number of aryl methyl sites for hydroxylation is 1. The molecular formula is C11H11ClFN3O. The Kier molecular flexibility index (Phi) is 3.71. The fraction of sp³-hybridized carbons (Fsp3) is 0.273. The summed E-state index contributed by atoms with van der Waals surface area (Å²) in [4.78, 5) is 4.02. The van der Waals surface area contributed by atoms with Gasteiger partial charge in [0.05, 0.1) is 6.54 Å². The lowest BCUT2D eigenvalue weighted by atomic mass is 10.2. The Bertz CT molecular complexity index is 515. The third-order valence-corrected chi connectivity index (χ3v) is 2.41. The summed E-state index contributed by atoms with van der Waals surface area (Å²) in [6.45, 7) is 2.53. The van der Waals surface area contributed by atoms with Crippen molar-refractivity contribution in [3.8, 4) is 0 Å². The minimum Gasteiger partial charge on any atom is -0.338 e. The van der Waals surface area contributed by atoms with Crippen LogP contribution in [0.2, 0.25) is 5.02 Å². The average Bonchev–Trinajstić information content (AvgIpc) is 2.68. The van der Waals surface area contributed by atoms with Gasteiger partial charge in [0, 0.05) is 17.1 Å². The van der Waals surface area contributed by atoms with Gasteiger partial charge < -0.3 is 9.84 Å². The van der Waals surface area contributed by atoms with E-state index in [2.05, 4.69) is 15.5 Å². The minimum absolute atomic E-state index is 0.327. The third-order valence-electron chi connectivity index (χ3n) is 2.18. The van der Waals surface area contributed by atoms with Crippen molar-refractivity contribution in [3.63, 3.8) is 0 Å². The van der Waals surface area contributed by atoms with E-state index in [1.165, 1.54) is 6.07 Å². The molecule has 4 nitrogen and oxygen atoms in total. The highest BCUT2D eigenvalue weighted by atomic mass is 35.5. The van der Waals surface area contributed by atoms with E-state index in [1.807, 2.05) is 0 Å². The van der Waals surface area contributed by atoms with Gasteiger partial charge in [-0.3, -0.25) is 0 Å². The van der Waals surface area contributed by atoms with Crippen molar-refractivity contribution in [3.05, 3.63) is 46.3 Å².